The van der Waals surface area contributed by atoms with Gasteiger partial charge in [-0.3, -0.25) is 4.79 Å². The predicted molar refractivity (Wildman–Crippen MR) is 113 cm³/mol. The van der Waals surface area contributed by atoms with E-state index < -0.39 is 5.60 Å². The fourth-order valence-electron chi connectivity index (χ4n) is 4.21. The minimum absolute atomic E-state index is 0.0364. The molecule has 4 rings (SSSR count). The van der Waals surface area contributed by atoms with Crippen LogP contribution in [0, 0.1) is 5.82 Å². The lowest BCUT2D eigenvalue weighted by molar-refractivity contribution is -0.122. The number of nitrogens with one attached hydrogen (secondary N) is 1. The Bertz CT molecular complexity index is 1110. The summed E-state index contributed by atoms with van der Waals surface area (Å²) in [5, 5.41) is 0.914. The Morgan fingerprint density at radius 3 is 2.80 bits per heavy atom. The average Bonchev–Trinajstić information content (AvgIpc) is 2.72. The summed E-state index contributed by atoms with van der Waals surface area (Å²) in [4.78, 5) is 14.3. The Morgan fingerprint density at radius 2 is 2.03 bits per heavy atom. The lowest BCUT2D eigenvalue weighted by atomic mass is 9.83. The summed E-state index contributed by atoms with van der Waals surface area (Å²) >= 11 is 0. The van der Waals surface area contributed by atoms with E-state index in [4.69, 9.17) is 14.2 Å². The summed E-state index contributed by atoms with van der Waals surface area (Å²) in [6.07, 6.45) is 1.05. The van der Waals surface area contributed by atoms with Crippen molar-refractivity contribution in [3.05, 3.63) is 75.8 Å². The third kappa shape index (κ3) is 4.11. The van der Waals surface area contributed by atoms with Crippen molar-refractivity contribution >= 4 is 10.9 Å². The minimum atomic E-state index is -0.587. The van der Waals surface area contributed by atoms with Crippen molar-refractivity contribution < 1.29 is 18.6 Å². The van der Waals surface area contributed by atoms with Gasteiger partial charge in [-0.25, -0.2) is 4.39 Å². The SMILES string of the molecule is COC1(c2cc(F)cc(OC(C)c3ccc4[nH]c(=O)ccc4c3)c2)CCOC(C)C1. The molecule has 2 aromatic carbocycles. The number of H-pyrrole nitrogens is 1. The van der Waals surface area contributed by atoms with Crippen LogP contribution in [0.15, 0.2) is 53.3 Å². The number of hydrogen-bond acceptors (Lipinski definition) is 4. The van der Waals surface area contributed by atoms with E-state index in [0.717, 1.165) is 22.0 Å². The van der Waals surface area contributed by atoms with Crippen LogP contribution in [-0.4, -0.2) is 24.8 Å². The fourth-order valence-corrected chi connectivity index (χ4v) is 4.21. The zero-order chi connectivity index (χ0) is 21.3. The maximum absolute atomic E-state index is 14.5. The van der Waals surface area contributed by atoms with Gasteiger partial charge in [0.25, 0.3) is 0 Å². The molecule has 1 fully saturated rings. The summed E-state index contributed by atoms with van der Waals surface area (Å²) in [5.74, 6) is 0.0935. The first-order valence-corrected chi connectivity index (χ1v) is 10.2. The number of aromatic amines is 1. The molecule has 1 aromatic heterocycles. The van der Waals surface area contributed by atoms with Crippen molar-refractivity contribution in [2.75, 3.05) is 13.7 Å². The van der Waals surface area contributed by atoms with E-state index >= 15 is 0 Å². The largest absolute Gasteiger partial charge is 0.486 e. The maximum Gasteiger partial charge on any atom is 0.248 e. The summed E-state index contributed by atoms with van der Waals surface area (Å²) in [6, 6.07) is 13.8. The van der Waals surface area contributed by atoms with Gasteiger partial charge >= 0.3 is 0 Å². The second-order valence-corrected chi connectivity index (χ2v) is 7.94. The topological polar surface area (TPSA) is 60.5 Å². The summed E-state index contributed by atoms with van der Waals surface area (Å²) in [6.45, 7) is 4.48. The number of pyridine rings is 1. The number of benzene rings is 2. The van der Waals surface area contributed by atoms with Gasteiger partial charge in [-0.05, 0) is 60.7 Å². The lowest BCUT2D eigenvalue weighted by Crippen LogP contribution is -2.39. The zero-order valence-electron chi connectivity index (χ0n) is 17.4. The first-order chi connectivity index (χ1) is 14.4. The number of ether oxygens (including phenoxy) is 3. The van der Waals surface area contributed by atoms with Crippen molar-refractivity contribution in [3.63, 3.8) is 0 Å². The highest BCUT2D eigenvalue weighted by molar-refractivity contribution is 5.79. The van der Waals surface area contributed by atoms with Gasteiger partial charge in [-0.1, -0.05) is 6.07 Å². The van der Waals surface area contributed by atoms with Gasteiger partial charge in [0.1, 0.15) is 17.7 Å². The van der Waals surface area contributed by atoms with Crippen molar-refractivity contribution in [2.45, 2.75) is 44.5 Å². The van der Waals surface area contributed by atoms with Gasteiger partial charge in [0.05, 0.1) is 18.3 Å². The summed E-state index contributed by atoms with van der Waals surface area (Å²) in [5.41, 5.74) is 1.74. The molecule has 0 aliphatic carbocycles. The molecule has 0 spiro atoms. The molecule has 0 amide bonds. The van der Waals surface area contributed by atoms with Gasteiger partial charge in [0.2, 0.25) is 5.56 Å². The molecule has 30 heavy (non-hydrogen) atoms. The van der Waals surface area contributed by atoms with Crippen molar-refractivity contribution in [2.24, 2.45) is 0 Å². The van der Waals surface area contributed by atoms with E-state index in [2.05, 4.69) is 4.98 Å². The molecule has 3 atom stereocenters. The molecule has 2 heterocycles. The summed E-state index contributed by atoms with van der Waals surface area (Å²) in [7, 11) is 1.66. The Labute approximate surface area is 174 Å². The van der Waals surface area contributed by atoms with Gasteiger partial charge < -0.3 is 19.2 Å². The molecule has 6 heteroatoms. The Kier molecular flexibility index (Phi) is 5.62. The van der Waals surface area contributed by atoms with Gasteiger partial charge in [0.15, 0.2) is 0 Å². The van der Waals surface area contributed by atoms with Crippen LogP contribution in [0.25, 0.3) is 10.9 Å². The zero-order valence-corrected chi connectivity index (χ0v) is 17.4. The average molecular weight is 411 g/mol. The standard InChI is InChI=1S/C24H26FNO4/c1-15-14-24(28-3,8-9-29-15)19-11-20(25)13-21(12-19)30-16(2)17-4-6-22-18(10-17)5-7-23(27)26-22/h4-7,10-13,15-16H,8-9,14H2,1-3H3,(H,26,27). The van der Waals surface area contributed by atoms with E-state index in [0.29, 0.717) is 25.2 Å². The molecule has 3 aromatic rings. The minimum Gasteiger partial charge on any atom is -0.486 e. The van der Waals surface area contributed by atoms with Crippen LogP contribution in [0.4, 0.5) is 4.39 Å². The van der Waals surface area contributed by atoms with Crippen molar-refractivity contribution in [1.82, 2.24) is 4.98 Å². The van der Waals surface area contributed by atoms with Crippen molar-refractivity contribution in [3.8, 4) is 5.75 Å². The fraction of sp³-hybridized carbons (Fsp3) is 0.375. The van der Waals surface area contributed by atoms with Crippen LogP contribution < -0.4 is 10.3 Å². The molecule has 3 unspecified atom stereocenters. The third-order valence-corrected chi connectivity index (χ3v) is 5.84. The Hall–Kier alpha value is -2.70. The molecule has 1 saturated heterocycles. The van der Waals surface area contributed by atoms with Crippen LogP contribution in [0.1, 0.15) is 43.9 Å². The number of halogens is 1. The van der Waals surface area contributed by atoms with E-state index in [9.17, 15) is 9.18 Å². The van der Waals surface area contributed by atoms with Gasteiger partial charge in [-0.2, -0.15) is 0 Å². The van der Waals surface area contributed by atoms with E-state index in [-0.39, 0.29) is 23.6 Å². The normalized spacial score (nSPS) is 22.7. The highest BCUT2D eigenvalue weighted by Gasteiger charge is 2.38. The number of methoxy groups -OCH3 is 1. The molecular formula is C24H26FNO4. The highest BCUT2D eigenvalue weighted by atomic mass is 19.1. The van der Waals surface area contributed by atoms with Gasteiger partial charge in [-0.15, -0.1) is 0 Å². The molecule has 158 valence electrons. The molecule has 0 saturated carbocycles. The Morgan fingerprint density at radius 1 is 1.20 bits per heavy atom. The second-order valence-electron chi connectivity index (χ2n) is 7.94. The smallest absolute Gasteiger partial charge is 0.248 e. The van der Waals surface area contributed by atoms with Crippen molar-refractivity contribution in [1.29, 1.82) is 0 Å². The van der Waals surface area contributed by atoms with Crippen LogP contribution in [-0.2, 0) is 15.1 Å². The Balaban J connectivity index is 1.61. The number of hydrogen-bond donors (Lipinski definition) is 1. The van der Waals surface area contributed by atoms with Gasteiger partial charge in [0, 0.05) is 37.6 Å². The molecule has 1 N–H and O–H groups in total. The molecule has 0 bridgehead atoms. The van der Waals surface area contributed by atoms with E-state index in [1.54, 1.807) is 13.2 Å². The monoisotopic (exact) mass is 411 g/mol. The molecule has 1 aliphatic rings. The highest BCUT2D eigenvalue weighted by Crippen LogP contribution is 2.40. The molecule has 1 aliphatic heterocycles. The first-order valence-electron chi connectivity index (χ1n) is 10.2. The van der Waals surface area contributed by atoms with E-state index in [1.165, 1.54) is 18.2 Å². The quantitative estimate of drug-likeness (QED) is 0.652. The molecular weight excluding hydrogens is 385 g/mol. The predicted octanol–water partition coefficient (Wildman–Crippen LogP) is 4.85. The number of fused-ring (bicyclic) bond motifs is 1. The summed E-state index contributed by atoms with van der Waals surface area (Å²) < 4.78 is 32.1. The van der Waals surface area contributed by atoms with Crippen LogP contribution in [0.3, 0.4) is 0 Å². The van der Waals surface area contributed by atoms with Crippen LogP contribution >= 0.6 is 0 Å². The van der Waals surface area contributed by atoms with Crippen LogP contribution in [0.2, 0.25) is 0 Å². The van der Waals surface area contributed by atoms with Crippen LogP contribution in [0.5, 0.6) is 5.75 Å². The number of aromatic nitrogens is 1. The number of rotatable bonds is 5. The maximum atomic E-state index is 14.5. The molecule has 0 radical (unpaired) electrons. The lowest BCUT2D eigenvalue weighted by Gasteiger charge is -2.39. The molecule has 5 nitrogen and oxygen atoms in total. The first kappa shape index (κ1) is 20.6. The second kappa shape index (κ2) is 8.20. The van der Waals surface area contributed by atoms with E-state index in [1.807, 2.05) is 38.1 Å². The third-order valence-electron chi connectivity index (χ3n) is 5.84.